The summed E-state index contributed by atoms with van der Waals surface area (Å²) in [5.74, 6) is -0.599. The SMILES string of the molecule is Cc1ccc(/C=C2\SC(=O)N(CCNC(=O)Cc3noc4ccccc34)C2=O)cc1. The van der Waals surface area contributed by atoms with Crippen molar-refractivity contribution in [2.24, 2.45) is 0 Å². The van der Waals surface area contributed by atoms with Gasteiger partial charge in [0.15, 0.2) is 5.58 Å². The monoisotopic (exact) mass is 421 g/mol. The van der Waals surface area contributed by atoms with Gasteiger partial charge in [0, 0.05) is 18.5 Å². The lowest BCUT2D eigenvalue weighted by molar-refractivity contribution is -0.124. The van der Waals surface area contributed by atoms with Crippen LogP contribution in [-0.2, 0) is 16.0 Å². The van der Waals surface area contributed by atoms with E-state index >= 15 is 0 Å². The van der Waals surface area contributed by atoms with Gasteiger partial charge in [0.2, 0.25) is 5.91 Å². The van der Waals surface area contributed by atoms with Gasteiger partial charge in [-0.05, 0) is 42.5 Å². The maximum absolute atomic E-state index is 12.5. The summed E-state index contributed by atoms with van der Waals surface area (Å²) in [4.78, 5) is 38.5. The van der Waals surface area contributed by atoms with E-state index in [0.717, 1.165) is 33.2 Å². The molecular weight excluding hydrogens is 402 g/mol. The molecule has 0 spiro atoms. The van der Waals surface area contributed by atoms with E-state index < -0.39 is 0 Å². The lowest BCUT2D eigenvalue weighted by Gasteiger charge is -2.12. The molecule has 0 bridgehead atoms. The number of amides is 3. The number of benzene rings is 2. The first-order valence-corrected chi connectivity index (χ1v) is 10.2. The number of hydrogen-bond acceptors (Lipinski definition) is 6. The number of rotatable bonds is 6. The van der Waals surface area contributed by atoms with Crippen LogP contribution in [0.25, 0.3) is 17.0 Å². The minimum atomic E-state index is -0.345. The number of hydrogen-bond donors (Lipinski definition) is 1. The van der Waals surface area contributed by atoms with E-state index in [0.29, 0.717) is 16.2 Å². The molecule has 1 fully saturated rings. The van der Waals surface area contributed by atoms with Crippen molar-refractivity contribution in [3.8, 4) is 0 Å². The summed E-state index contributed by atoms with van der Waals surface area (Å²) >= 11 is 0.908. The fourth-order valence-electron chi connectivity index (χ4n) is 3.09. The van der Waals surface area contributed by atoms with Gasteiger partial charge in [0.1, 0.15) is 5.69 Å². The maximum Gasteiger partial charge on any atom is 0.293 e. The largest absolute Gasteiger partial charge is 0.356 e. The van der Waals surface area contributed by atoms with E-state index in [2.05, 4.69) is 10.5 Å². The Morgan fingerprint density at radius 1 is 1.17 bits per heavy atom. The van der Waals surface area contributed by atoms with Crippen LogP contribution in [0, 0.1) is 6.92 Å². The number of carbonyl (C=O) groups excluding carboxylic acids is 3. The average molecular weight is 421 g/mol. The Labute approximate surface area is 177 Å². The fraction of sp³-hybridized carbons (Fsp3) is 0.182. The van der Waals surface area contributed by atoms with Crippen LogP contribution in [0.3, 0.4) is 0 Å². The number of thioether (sulfide) groups is 1. The van der Waals surface area contributed by atoms with Gasteiger partial charge in [0.25, 0.3) is 11.1 Å². The van der Waals surface area contributed by atoms with Crippen molar-refractivity contribution in [3.05, 3.63) is 70.3 Å². The molecule has 0 atom stereocenters. The van der Waals surface area contributed by atoms with E-state index in [4.69, 9.17) is 4.52 Å². The third-order valence-corrected chi connectivity index (χ3v) is 5.59. The quantitative estimate of drug-likeness (QED) is 0.612. The van der Waals surface area contributed by atoms with E-state index in [1.807, 2.05) is 49.4 Å². The lowest BCUT2D eigenvalue weighted by atomic mass is 10.1. The number of nitrogens with one attached hydrogen (secondary N) is 1. The standard InChI is InChI=1S/C22H19N3O4S/c1-14-6-8-15(9-7-14)12-19-21(27)25(22(28)30-19)11-10-23-20(26)13-17-16-4-2-3-5-18(16)29-24-17/h2-9,12H,10-11,13H2,1H3,(H,23,26)/b19-12-. The zero-order valence-electron chi connectivity index (χ0n) is 16.3. The number of nitrogens with zero attached hydrogens (tertiary/aromatic N) is 2. The summed E-state index contributed by atoms with van der Waals surface area (Å²) in [5, 5.41) is 7.12. The van der Waals surface area contributed by atoms with Crippen LogP contribution in [-0.4, -0.2) is 40.2 Å². The molecule has 1 aliphatic rings. The van der Waals surface area contributed by atoms with Crippen LogP contribution >= 0.6 is 11.8 Å². The lowest BCUT2D eigenvalue weighted by Crippen LogP contribution is -2.37. The molecule has 1 saturated heterocycles. The van der Waals surface area contributed by atoms with Crippen LogP contribution in [0.2, 0.25) is 0 Å². The number of carbonyl (C=O) groups is 3. The minimum Gasteiger partial charge on any atom is -0.356 e. The average Bonchev–Trinajstić information content (AvgIpc) is 3.25. The van der Waals surface area contributed by atoms with Crippen LogP contribution in [0.5, 0.6) is 0 Å². The Morgan fingerprint density at radius 2 is 1.93 bits per heavy atom. The highest BCUT2D eigenvalue weighted by Crippen LogP contribution is 2.31. The van der Waals surface area contributed by atoms with E-state index in [-0.39, 0.29) is 36.6 Å². The molecule has 0 unspecified atom stereocenters. The third kappa shape index (κ3) is 4.28. The second-order valence-corrected chi connectivity index (χ2v) is 7.89. The van der Waals surface area contributed by atoms with Crippen molar-refractivity contribution >= 4 is 45.9 Å². The molecule has 4 rings (SSSR count). The predicted molar refractivity (Wildman–Crippen MR) is 115 cm³/mol. The van der Waals surface area contributed by atoms with Gasteiger partial charge in [-0.3, -0.25) is 19.3 Å². The van der Waals surface area contributed by atoms with E-state index in [1.54, 1.807) is 12.1 Å². The first kappa shape index (κ1) is 19.9. The van der Waals surface area contributed by atoms with Gasteiger partial charge in [-0.1, -0.05) is 47.1 Å². The normalized spacial score (nSPS) is 15.4. The van der Waals surface area contributed by atoms with Crippen molar-refractivity contribution in [1.82, 2.24) is 15.4 Å². The van der Waals surface area contributed by atoms with Crippen LogP contribution in [0.4, 0.5) is 4.79 Å². The van der Waals surface area contributed by atoms with E-state index in [1.165, 1.54) is 0 Å². The molecule has 7 nitrogen and oxygen atoms in total. The topological polar surface area (TPSA) is 92.5 Å². The Hall–Kier alpha value is -3.39. The van der Waals surface area contributed by atoms with Crippen molar-refractivity contribution in [2.45, 2.75) is 13.3 Å². The molecule has 2 heterocycles. The Kier molecular flexibility index (Phi) is 5.67. The van der Waals surface area contributed by atoms with Gasteiger partial charge in [-0.15, -0.1) is 0 Å². The second-order valence-electron chi connectivity index (χ2n) is 6.90. The molecular formula is C22H19N3O4S. The Morgan fingerprint density at radius 3 is 2.73 bits per heavy atom. The molecule has 3 aromatic rings. The Bertz CT molecular complexity index is 1150. The van der Waals surface area contributed by atoms with Crippen LogP contribution in [0.15, 0.2) is 58.0 Å². The summed E-state index contributed by atoms with van der Waals surface area (Å²) in [6, 6.07) is 15.0. The third-order valence-electron chi connectivity index (χ3n) is 4.69. The zero-order valence-corrected chi connectivity index (χ0v) is 17.1. The highest BCUT2D eigenvalue weighted by Gasteiger charge is 2.34. The second kappa shape index (κ2) is 8.54. The number of aromatic nitrogens is 1. The highest BCUT2D eigenvalue weighted by atomic mass is 32.2. The van der Waals surface area contributed by atoms with Gasteiger partial charge in [0.05, 0.1) is 11.3 Å². The van der Waals surface area contributed by atoms with Gasteiger partial charge in [-0.25, -0.2) is 0 Å². The molecule has 1 aromatic heterocycles. The summed E-state index contributed by atoms with van der Waals surface area (Å²) in [7, 11) is 0. The molecule has 0 aliphatic carbocycles. The molecule has 3 amide bonds. The summed E-state index contributed by atoms with van der Waals surface area (Å²) in [6.45, 7) is 2.27. The first-order valence-electron chi connectivity index (χ1n) is 9.43. The van der Waals surface area contributed by atoms with Crippen LogP contribution in [0.1, 0.15) is 16.8 Å². The molecule has 1 N–H and O–H groups in total. The predicted octanol–water partition coefficient (Wildman–Crippen LogP) is 3.53. The fourth-order valence-corrected chi connectivity index (χ4v) is 3.96. The number of imide groups is 1. The van der Waals surface area contributed by atoms with E-state index in [9.17, 15) is 14.4 Å². The zero-order chi connectivity index (χ0) is 21.1. The number of para-hydroxylation sites is 1. The molecule has 2 aromatic carbocycles. The molecule has 1 aliphatic heterocycles. The summed E-state index contributed by atoms with van der Waals surface area (Å²) < 4.78 is 5.19. The molecule has 152 valence electrons. The smallest absolute Gasteiger partial charge is 0.293 e. The van der Waals surface area contributed by atoms with Crippen molar-refractivity contribution in [2.75, 3.05) is 13.1 Å². The Balaban J connectivity index is 1.32. The molecule has 0 saturated carbocycles. The summed E-state index contributed by atoms with van der Waals surface area (Å²) in [6.07, 6.45) is 1.77. The van der Waals surface area contributed by atoms with Crippen LogP contribution < -0.4 is 5.32 Å². The van der Waals surface area contributed by atoms with Gasteiger partial charge in [-0.2, -0.15) is 0 Å². The molecule has 8 heteroatoms. The highest BCUT2D eigenvalue weighted by molar-refractivity contribution is 8.18. The molecule has 30 heavy (non-hydrogen) atoms. The van der Waals surface area contributed by atoms with Gasteiger partial charge < -0.3 is 9.84 Å². The minimum absolute atomic E-state index is 0.0617. The number of aryl methyl sites for hydroxylation is 1. The molecule has 0 radical (unpaired) electrons. The van der Waals surface area contributed by atoms with Crippen molar-refractivity contribution < 1.29 is 18.9 Å². The summed E-state index contributed by atoms with van der Waals surface area (Å²) in [5.41, 5.74) is 3.16. The first-order chi connectivity index (χ1) is 14.5. The van der Waals surface area contributed by atoms with Gasteiger partial charge >= 0.3 is 0 Å². The maximum atomic E-state index is 12.5. The number of fused-ring (bicyclic) bond motifs is 1. The van der Waals surface area contributed by atoms with Crippen molar-refractivity contribution in [1.29, 1.82) is 0 Å². The van der Waals surface area contributed by atoms with Crippen molar-refractivity contribution in [3.63, 3.8) is 0 Å².